The van der Waals surface area contributed by atoms with Gasteiger partial charge in [0, 0.05) is 18.0 Å². The normalized spacial score (nSPS) is 13.3. The van der Waals surface area contributed by atoms with E-state index in [1.165, 1.54) is 16.9 Å². The van der Waals surface area contributed by atoms with Crippen LogP contribution in [0.5, 0.6) is 11.5 Å². The molecule has 1 amide bonds. The van der Waals surface area contributed by atoms with E-state index in [2.05, 4.69) is 43.1 Å². The smallest absolute Gasteiger partial charge is 0.273 e. The molecule has 0 aliphatic heterocycles. The van der Waals surface area contributed by atoms with Crippen LogP contribution in [-0.4, -0.2) is 36.1 Å². The number of methoxy groups -OCH3 is 2. The monoisotopic (exact) mass is 436 g/mol. The van der Waals surface area contributed by atoms with Gasteiger partial charge >= 0.3 is 0 Å². The number of carbonyl (C=O) groups excluding carboxylic acids is 1. The van der Waals surface area contributed by atoms with Gasteiger partial charge in [0.2, 0.25) is 0 Å². The molecule has 0 bridgehead atoms. The van der Waals surface area contributed by atoms with Crippen LogP contribution in [0.3, 0.4) is 0 Å². The highest BCUT2D eigenvalue weighted by Gasteiger charge is 2.34. The zero-order valence-corrected chi connectivity index (χ0v) is 19.2. The van der Waals surface area contributed by atoms with Gasteiger partial charge in [-0.2, -0.15) is 0 Å². The lowest BCUT2D eigenvalue weighted by Crippen LogP contribution is -2.32. The Morgan fingerprint density at radius 3 is 2.48 bits per heavy atom. The van der Waals surface area contributed by atoms with E-state index in [-0.39, 0.29) is 5.91 Å². The average molecular weight is 437 g/mol. The standard InChI is InChI=1S/C25H28N2O3S/c1-16(2)18-10-8-17(9-11-18)14-27(19-12-13-19)25(28)21-15-31-24(26-21)20-6-5-7-22(29-3)23(20)30-4/h5-11,15-16,19H,12-14H2,1-4H3. The number of hydrogen-bond acceptors (Lipinski definition) is 5. The molecule has 1 aliphatic rings. The molecule has 4 rings (SSSR count). The lowest BCUT2D eigenvalue weighted by molar-refractivity contribution is 0.0725. The Bertz CT molecular complexity index is 1050. The summed E-state index contributed by atoms with van der Waals surface area (Å²) >= 11 is 1.45. The van der Waals surface area contributed by atoms with E-state index >= 15 is 0 Å². The Hall–Kier alpha value is -2.86. The molecule has 5 nitrogen and oxygen atoms in total. The number of amides is 1. The van der Waals surface area contributed by atoms with Gasteiger partial charge in [-0.05, 0) is 42.0 Å². The van der Waals surface area contributed by atoms with Crippen LogP contribution in [0, 0.1) is 0 Å². The Morgan fingerprint density at radius 1 is 1.13 bits per heavy atom. The lowest BCUT2D eigenvalue weighted by Gasteiger charge is -2.22. The van der Waals surface area contributed by atoms with Gasteiger partial charge in [-0.1, -0.05) is 44.2 Å². The molecular weight excluding hydrogens is 408 g/mol. The van der Waals surface area contributed by atoms with Crippen molar-refractivity contribution in [1.29, 1.82) is 0 Å². The first-order valence-electron chi connectivity index (χ1n) is 10.6. The van der Waals surface area contributed by atoms with Crippen molar-refractivity contribution in [3.05, 3.63) is 64.7 Å². The van der Waals surface area contributed by atoms with Crippen molar-refractivity contribution in [3.63, 3.8) is 0 Å². The van der Waals surface area contributed by atoms with Crippen LogP contribution in [-0.2, 0) is 6.54 Å². The fourth-order valence-electron chi connectivity index (χ4n) is 3.66. The first kappa shape index (κ1) is 21.4. The molecule has 0 unspecified atom stereocenters. The maximum atomic E-state index is 13.3. The molecule has 1 fully saturated rings. The molecule has 162 valence electrons. The minimum absolute atomic E-state index is 0.0141. The van der Waals surface area contributed by atoms with Gasteiger partial charge in [-0.25, -0.2) is 4.98 Å². The van der Waals surface area contributed by atoms with E-state index in [1.807, 2.05) is 28.5 Å². The third-order valence-corrected chi connectivity index (χ3v) is 6.48. The molecular formula is C25H28N2O3S. The molecule has 0 spiro atoms. The molecule has 1 saturated carbocycles. The maximum absolute atomic E-state index is 13.3. The third kappa shape index (κ3) is 4.59. The van der Waals surface area contributed by atoms with E-state index in [1.54, 1.807) is 14.2 Å². The molecule has 0 N–H and O–H groups in total. The molecule has 1 heterocycles. The molecule has 1 aromatic heterocycles. The van der Waals surface area contributed by atoms with Gasteiger partial charge in [0.1, 0.15) is 10.7 Å². The number of aromatic nitrogens is 1. The average Bonchev–Trinajstić information content (AvgIpc) is 3.52. The molecule has 31 heavy (non-hydrogen) atoms. The van der Waals surface area contributed by atoms with Gasteiger partial charge in [-0.15, -0.1) is 11.3 Å². The van der Waals surface area contributed by atoms with Crippen molar-refractivity contribution < 1.29 is 14.3 Å². The molecule has 1 aliphatic carbocycles. The highest BCUT2D eigenvalue weighted by molar-refractivity contribution is 7.13. The predicted molar refractivity (Wildman–Crippen MR) is 124 cm³/mol. The maximum Gasteiger partial charge on any atom is 0.273 e. The predicted octanol–water partition coefficient (Wildman–Crippen LogP) is 5.76. The number of rotatable bonds is 8. The van der Waals surface area contributed by atoms with Crippen LogP contribution >= 0.6 is 11.3 Å². The van der Waals surface area contributed by atoms with Crippen molar-refractivity contribution in [3.8, 4) is 22.1 Å². The first-order valence-corrected chi connectivity index (χ1v) is 11.5. The third-order valence-electron chi connectivity index (χ3n) is 5.60. The zero-order valence-electron chi connectivity index (χ0n) is 18.4. The summed E-state index contributed by atoms with van der Waals surface area (Å²) in [6, 6.07) is 14.6. The summed E-state index contributed by atoms with van der Waals surface area (Å²) in [6.45, 7) is 4.98. The van der Waals surface area contributed by atoms with Crippen LogP contribution in [0.2, 0.25) is 0 Å². The zero-order chi connectivity index (χ0) is 22.0. The van der Waals surface area contributed by atoms with Crippen molar-refractivity contribution in [1.82, 2.24) is 9.88 Å². The summed E-state index contributed by atoms with van der Waals surface area (Å²) in [5, 5.41) is 2.59. The molecule has 3 aromatic rings. The van der Waals surface area contributed by atoms with Crippen LogP contribution < -0.4 is 9.47 Å². The Morgan fingerprint density at radius 2 is 1.87 bits per heavy atom. The van der Waals surface area contributed by atoms with E-state index < -0.39 is 0 Å². The summed E-state index contributed by atoms with van der Waals surface area (Å²) in [7, 11) is 3.22. The van der Waals surface area contributed by atoms with Crippen LogP contribution in [0.1, 0.15) is 54.2 Å². The fourth-order valence-corrected chi connectivity index (χ4v) is 4.47. The van der Waals surface area contributed by atoms with E-state index in [0.717, 1.165) is 29.0 Å². The SMILES string of the molecule is COc1cccc(-c2nc(C(=O)N(Cc3ccc(C(C)C)cc3)C3CC3)cs2)c1OC. The van der Waals surface area contributed by atoms with Crippen molar-refractivity contribution in [2.24, 2.45) is 0 Å². The lowest BCUT2D eigenvalue weighted by atomic mass is 10.0. The summed E-state index contributed by atoms with van der Waals surface area (Å²) in [4.78, 5) is 20.0. The second-order valence-corrected chi connectivity index (χ2v) is 9.00. The summed E-state index contributed by atoms with van der Waals surface area (Å²) in [6.07, 6.45) is 2.10. The largest absolute Gasteiger partial charge is 0.493 e. The topological polar surface area (TPSA) is 51.7 Å². The number of para-hydroxylation sites is 1. The summed E-state index contributed by atoms with van der Waals surface area (Å²) in [5.74, 6) is 1.76. The van der Waals surface area contributed by atoms with Crippen molar-refractivity contribution >= 4 is 17.2 Å². The minimum Gasteiger partial charge on any atom is -0.493 e. The highest BCUT2D eigenvalue weighted by atomic mass is 32.1. The second-order valence-electron chi connectivity index (χ2n) is 8.14. The Balaban J connectivity index is 1.57. The van der Waals surface area contributed by atoms with Crippen LogP contribution in [0.25, 0.3) is 10.6 Å². The van der Waals surface area contributed by atoms with E-state index in [0.29, 0.717) is 35.7 Å². The fraction of sp³-hybridized carbons (Fsp3) is 0.360. The summed E-state index contributed by atoms with van der Waals surface area (Å²) < 4.78 is 10.9. The van der Waals surface area contributed by atoms with E-state index in [4.69, 9.17) is 9.47 Å². The van der Waals surface area contributed by atoms with Crippen LogP contribution in [0.15, 0.2) is 47.8 Å². The number of hydrogen-bond donors (Lipinski definition) is 0. The molecule has 0 saturated heterocycles. The Labute approximate surface area is 187 Å². The quantitative estimate of drug-likeness (QED) is 0.451. The number of thiazole rings is 1. The van der Waals surface area contributed by atoms with Gasteiger partial charge < -0.3 is 14.4 Å². The molecule has 0 radical (unpaired) electrons. The first-order chi connectivity index (χ1) is 15.0. The Kier molecular flexibility index (Phi) is 6.28. The summed E-state index contributed by atoms with van der Waals surface area (Å²) in [5.41, 5.74) is 3.77. The number of nitrogens with zero attached hydrogens (tertiary/aromatic N) is 2. The molecule has 2 aromatic carbocycles. The second kappa shape index (κ2) is 9.10. The van der Waals surface area contributed by atoms with Crippen LogP contribution in [0.4, 0.5) is 0 Å². The van der Waals surface area contributed by atoms with Crippen molar-refractivity contribution in [2.45, 2.75) is 45.2 Å². The number of ether oxygens (including phenoxy) is 2. The number of benzene rings is 2. The van der Waals surface area contributed by atoms with Gasteiger partial charge in [0.25, 0.3) is 5.91 Å². The van der Waals surface area contributed by atoms with Crippen molar-refractivity contribution in [2.75, 3.05) is 14.2 Å². The number of carbonyl (C=O) groups is 1. The molecule has 0 atom stereocenters. The highest BCUT2D eigenvalue weighted by Crippen LogP contribution is 2.39. The van der Waals surface area contributed by atoms with Gasteiger partial charge in [0.15, 0.2) is 11.5 Å². The van der Waals surface area contributed by atoms with E-state index in [9.17, 15) is 4.79 Å². The van der Waals surface area contributed by atoms with Gasteiger partial charge in [-0.3, -0.25) is 4.79 Å². The minimum atomic E-state index is -0.0141. The molecule has 6 heteroatoms. The van der Waals surface area contributed by atoms with Gasteiger partial charge in [0.05, 0.1) is 19.8 Å².